The van der Waals surface area contributed by atoms with E-state index in [2.05, 4.69) is 33.8 Å². The molecule has 0 atom stereocenters. The molecule has 0 aliphatic carbocycles. The van der Waals surface area contributed by atoms with Crippen LogP contribution in [0.3, 0.4) is 0 Å². The molecule has 1 aliphatic rings. The van der Waals surface area contributed by atoms with Crippen molar-refractivity contribution < 1.29 is 8.42 Å². The van der Waals surface area contributed by atoms with Crippen LogP contribution in [0, 0.1) is 0 Å². The van der Waals surface area contributed by atoms with Crippen LogP contribution in [-0.2, 0) is 21.7 Å². The quantitative estimate of drug-likeness (QED) is 0.790. The molecule has 0 aromatic heterocycles. The van der Waals surface area contributed by atoms with E-state index >= 15 is 0 Å². The van der Waals surface area contributed by atoms with Crippen molar-refractivity contribution in [1.82, 2.24) is 0 Å². The zero-order chi connectivity index (χ0) is 17.0. The van der Waals surface area contributed by atoms with Gasteiger partial charge in [-0.3, -0.25) is 0 Å². The van der Waals surface area contributed by atoms with Crippen molar-refractivity contribution in [3.05, 3.63) is 58.7 Å². The van der Waals surface area contributed by atoms with E-state index in [9.17, 15) is 8.42 Å². The summed E-state index contributed by atoms with van der Waals surface area (Å²) in [7, 11) is -3.45. The summed E-state index contributed by atoms with van der Waals surface area (Å²) in [6, 6.07) is 11.7. The molecule has 0 N–H and O–H groups in total. The highest BCUT2D eigenvalue weighted by Gasteiger charge is 2.40. The summed E-state index contributed by atoms with van der Waals surface area (Å²) in [5.41, 5.74) is 3.75. The summed E-state index contributed by atoms with van der Waals surface area (Å²) in [4.78, 5) is 0.944. The Kier molecular flexibility index (Phi) is 3.68. The fourth-order valence-corrected chi connectivity index (χ4v) is 5.43. The highest BCUT2D eigenvalue weighted by Crippen LogP contribution is 2.46. The molecule has 2 aromatic rings. The second-order valence-electron chi connectivity index (χ2n) is 7.22. The Labute approximate surface area is 139 Å². The highest BCUT2D eigenvalue weighted by atomic mass is 32.2. The zero-order valence-corrected chi connectivity index (χ0v) is 15.3. The van der Waals surface area contributed by atoms with E-state index in [0.29, 0.717) is 15.7 Å². The Hall–Kier alpha value is -1.61. The van der Waals surface area contributed by atoms with Crippen LogP contribution in [0.1, 0.15) is 62.8 Å². The Morgan fingerprint density at radius 1 is 0.957 bits per heavy atom. The Morgan fingerprint density at radius 2 is 1.65 bits per heavy atom. The average molecular weight is 328 g/mol. The monoisotopic (exact) mass is 328 g/mol. The van der Waals surface area contributed by atoms with Crippen LogP contribution in [0.4, 0.5) is 0 Å². The van der Waals surface area contributed by atoms with E-state index in [4.69, 9.17) is 0 Å². The third-order valence-corrected chi connectivity index (χ3v) is 6.90. The molecule has 0 radical (unpaired) electrons. The van der Waals surface area contributed by atoms with Gasteiger partial charge in [-0.05, 0) is 46.7 Å². The first-order valence-corrected chi connectivity index (χ1v) is 9.70. The fraction of sp³-hybridized carbons (Fsp3) is 0.400. The molecule has 122 valence electrons. The SMILES string of the molecule is CCc1ccc2c(c1)S(=O)(=O)c1ccc(C(C)C)cc1C2(C)C. The highest BCUT2D eigenvalue weighted by molar-refractivity contribution is 7.91. The number of fused-ring (bicyclic) bond motifs is 2. The summed E-state index contributed by atoms with van der Waals surface area (Å²) >= 11 is 0. The van der Waals surface area contributed by atoms with Gasteiger partial charge >= 0.3 is 0 Å². The van der Waals surface area contributed by atoms with Gasteiger partial charge in [0.1, 0.15) is 0 Å². The maximum absolute atomic E-state index is 13.1. The lowest BCUT2D eigenvalue weighted by molar-refractivity contribution is 0.554. The second kappa shape index (κ2) is 5.20. The summed E-state index contributed by atoms with van der Waals surface area (Å²) in [6.07, 6.45) is 0.836. The van der Waals surface area contributed by atoms with E-state index in [1.165, 1.54) is 5.56 Å². The normalized spacial score (nSPS) is 17.7. The van der Waals surface area contributed by atoms with Gasteiger partial charge in [-0.2, -0.15) is 0 Å². The third kappa shape index (κ3) is 2.33. The largest absolute Gasteiger partial charge is 0.218 e. The van der Waals surface area contributed by atoms with Crippen LogP contribution in [0.25, 0.3) is 0 Å². The van der Waals surface area contributed by atoms with Gasteiger partial charge in [-0.15, -0.1) is 0 Å². The van der Waals surface area contributed by atoms with E-state index in [-0.39, 0.29) is 5.41 Å². The minimum Gasteiger partial charge on any atom is -0.218 e. The number of hydrogen-bond donors (Lipinski definition) is 0. The lowest BCUT2D eigenvalue weighted by Crippen LogP contribution is -2.30. The van der Waals surface area contributed by atoms with E-state index in [0.717, 1.165) is 23.1 Å². The summed E-state index contributed by atoms with van der Waals surface area (Å²) in [5, 5.41) is 0. The molecule has 23 heavy (non-hydrogen) atoms. The van der Waals surface area contributed by atoms with Crippen molar-refractivity contribution in [2.24, 2.45) is 0 Å². The smallest absolute Gasteiger partial charge is 0.207 e. The topological polar surface area (TPSA) is 34.1 Å². The third-order valence-electron chi connectivity index (χ3n) is 5.05. The molecule has 3 rings (SSSR count). The first-order chi connectivity index (χ1) is 10.7. The molecule has 0 saturated heterocycles. The summed E-state index contributed by atoms with van der Waals surface area (Å²) in [6.45, 7) is 10.6. The predicted molar refractivity (Wildman–Crippen MR) is 93.9 cm³/mol. The first-order valence-electron chi connectivity index (χ1n) is 8.22. The molecule has 2 aromatic carbocycles. The molecule has 0 saturated carbocycles. The molecule has 0 bridgehead atoms. The van der Waals surface area contributed by atoms with Crippen molar-refractivity contribution >= 4 is 9.84 Å². The van der Waals surface area contributed by atoms with Crippen LogP contribution in [0.2, 0.25) is 0 Å². The van der Waals surface area contributed by atoms with E-state index < -0.39 is 9.84 Å². The second-order valence-corrected chi connectivity index (χ2v) is 9.11. The molecule has 2 nitrogen and oxygen atoms in total. The van der Waals surface area contributed by atoms with Gasteiger partial charge in [0.2, 0.25) is 9.84 Å². The van der Waals surface area contributed by atoms with Crippen LogP contribution >= 0.6 is 0 Å². The standard InChI is InChI=1S/C20H24O2S/c1-6-14-7-9-16-19(11-14)23(21,22)18-10-8-15(13(2)3)12-17(18)20(16,4)5/h7-13H,6H2,1-5H3. The van der Waals surface area contributed by atoms with Crippen LogP contribution < -0.4 is 0 Å². The number of benzene rings is 2. The van der Waals surface area contributed by atoms with Crippen LogP contribution in [0.5, 0.6) is 0 Å². The van der Waals surface area contributed by atoms with E-state index in [1.54, 1.807) is 6.07 Å². The van der Waals surface area contributed by atoms with Crippen molar-refractivity contribution in [3.63, 3.8) is 0 Å². The molecule has 3 heteroatoms. The van der Waals surface area contributed by atoms with Crippen molar-refractivity contribution in [2.75, 3.05) is 0 Å². The fourth-order valence-electron chi connectivity index (χ4n) is 3.42. The van der Waals surface area contributed by atoms with Crippen molar-refractivity contribution in [2.45, 2.75) is 62.2 Å². The molecule has 0 amide bonds. The molecular formula is C20H24O2S. The van der Waals surface area contributed by atoms with Gasteiger partial charge in [0.25, 0.3) is 0 Å². The Balaban J connectivity index is 2.36. The number of aryl methyl sites for hydroxylation is 1. The minimum absolute atomic E-state index is 0.312. The number of hydrogen-bond acceptors (Lipinski definition) is 2. The molecule has 1 heterocycles. The number of rotatable bonds is 2. The predicted octanol–water partition coefficient (Wildman–Crippen LogP) is 4.84. The Bertz CT molecular complexity index is 875. The molecule has 0 spiro atoms. The van der Waals surface area contributed by atoms with Gasteiger partial charge in [0.15, 0.2) is 0 Å². The Morgan fingerprint density at radius 3 is 2.26 bits per heavy atom. The molecule has 0 fully saturated rings. The van der Waals surface area contributed by atoms with Crippen molar-refractivity contribution in [3.8, 4) is 0 Å². The molecule has 0 unspecified atom stereocenters. The number of sulfone groups is 1. The van der Waals surface area contributed by atoms with E-state index in [1.807, 2.05) is 31.2 Å². The van der Waals surface area contributed by atoms with Crippen LogP contribution in [0.15, 0.2) is 46.2 Å². The lowest BCUT2D eigenvalue weighted by atomic mass is 9.76. The average Bonchev–Trinajstić information content (AvgIpc) is 2.52. The van der Waals surface area contributed by atoms with Crippen molar-refractivity contribution in [1.29, 1.82) is 0 Å². The summed E-state index contributed by atoms with van der Waals surface area (Å²) < 4.78 is 26.3. The van der Waals surface area contributed by atoms with Gasteiger partial charge in [0, 0.05) is 5.41 Å². The van der Waals surface area contributed by atoms with Gasteiger partial charge in [0.05, 0.1) is 9.79 Å². The first kappa shape index (κ1) is 16.3. The zero-order valence-electron chi connectivity index (χ0n) is 14.5. The minimum atomic E-state index is -3.45. The van der Waals surface area contributed by atoms with Crippen LogP contribution in [-0.4, -0.2) is 8.42 Å². The van der Waals surface area contributed by atoms with Gasteiger partial charge in [-0.25, -0.2) is 8.42 Å². The maximum atomic E-state index is 13.1. The lowest BCUT2D eigenvalue weighted by Gasteiger charge is -2.35. The molecular weight excluding hydrogens is 304 g/mol. The van der Waals surface area contributed by atoms with Gasteiger partial charge < -0.3 is 0 Å². The summed E-state index contributed by atoms with van der Waals surface area (Å²) in [5.74, 6) is 0.377. The van der Waals surface area contributed by atoms with Gasteiger partial charge in [-0.1, -0.05) is 58.9 Å². The molecule has 1 aliphatic heterocycles. The maximum Gasteiger partial charge on any atom is 0.207 e.